The van der Waals surface area contributed by atoms with E-state index in [1.54, 1.807) is 6.07 Å². The van der Waals surface area contributed by atoms with Crippen molar-refractivity contribution in [2.75, 3.05) is 24.1 Å². The second-order valence-electron chi connectivity index (χ2n) is 5.44. The third kappa shape index (κ3) is 3.25. The van der Waals surface area contributed by atoms with Gasteiger partial charge in [-0.05, 0) is 49.2 Å². The van der Waals surface area contributed by atoms with Crippen LogP contribution in [0.25, 0.3) is 0 Å². The maximum absolute atomic E-state index is 12.4. The third-order valence-corrected chi connectivity index (χ3v) is 4.29. The number of nitrogens with one attached hydrogen (secondary N) is 1. The molecule has 1 amide bonds. The van der Waals surface area contributed by atoms with Crippen molar-refractivity contribution in [1.29, 1.82) is 0 Å². The molecule has 114 valence electrons. The molecule has 1 heterocycles. The number of carbonyl (C=O) groups excluding carboxylic acids is 1. The van der Waals surface area contributed by atoms with Crippen LogP contribution in [0.1, 0.15) is 23.2 Å². The molecule has 0 atom stereocenters. The predicted octanol–water partition coefficient (Wildman–Crippen LogP) is 4.01. The van der Waals surface area contributed by atoms with Crippen molar-refractivity contribution in [3.05, 3.63) is 52.5 Å². The first-order chi connectivity index (χ1) is 10.6. The molecule has 0 radical (unpaired) electrons. The van der Waals surface area contributed by atoms with Gasteiger partial charge in [-0.2, -0.15) is 0 Å². The second kappa shape index (κ2) is 6.40. The fourth-order valence-corrected chi connectivity index (χ4v) is 3.03. The van der Waals surface area contributed by atoms with Crippen molar-refractivity contribution in [3.8, 4) is 0 Å². The van der Waals surface area contributed by atoms with Crippen LogP contribution in [0.15, 0.2) is 46.9 Å². The number of nitrogens with two attached hydrogens (primary N) is 1. The Kier molecular flexibility index (Phi) is 4.34. The molecule has 0 aromatic heterocycles. The number of anilines is 3. The van der Waals surface area contributed by atoms with Crippen molar-refractivity contribution < 1.29 is 4.79 Å². The summed E-state index contributed by atoms with van der Waals surface area (Å²) in [7, 11) is 0. The maximum atomic E-state index is 12.4. The first kappa shape index (κ1) is 14.9. The summed E-state index contributed by atoms with van der Waals surface area (Å²) in [4.78, 5) is 14.2. The van der Waals surface area contributed by atoms with Crippen molar-refractivity contribution in [2.45, 2.75) is 12.8 Å². The smallest absolute Gasteiger partial charge is 0.253 e. The van der Waals surface area contributed by atoms with Crippen LogP contribution in [0.5, 0.6) is 0 Å². The van der Waals surface area contributed by atoms with Crippen LogP contribution in [0.3, 0.4) is 0 Å². The van der Waals surface area contributed by atoms with Gasteiger partial charge in [0.25, 0.3) is 5.91 Å². The molecule has 1 aliphatic rings. The molecule has 1 aliphatic heterocycles. The van der Waals surface area contributed by atoms with E-state index >= 15 is 0 Å². The van der Waals surface area contributed by atoms with Gasteiger partial charge < -0.3 is 16.0 Å². The molecule has 0 bridgehead atoms. The Labute approximate surface area is 138 Å². The van der Waals surface area contributed by atoms with Crippen LogP contribution in [-0.2, 0) is 0 Å². The zero-order valence-electron chi connectivity index (χ0n) is 12.2. The number of hydrogen-bond acceptors (Lipinski definition) is 3. The van der Waals surface area contributed by atoms with Gasteiger partial charge in [-0.1, -0.05) is 22.0 Å². The normalized spacial score (nSPS) is 14.1. The van der Waals surface area contributed by atoms with Crippen LogP contribution in [-0.4, -0.2) is 23.9 Å². The molecule has 0 spiro atoms. The van der Waals surface area contributed by atoms with E-state index in [9.17, 15) is 4.79 Å². The average Bonchev–Trinajstić information content (AvgIpc) is 3.03. The van der Waals surface area contributed by atoms with Gasteiger partial charge in [-0.3, -0.25) is 4.79 Å². The predicted molar refractivity (Wildman–Crippen MR) is 93.4 cm³/mol. The topological polar surface area (TPSA) is 58.4 Å². The summed E-state index contributed by atoms with van der Waals surface area (Å²) in [5.74, 6) is 0.0678. The number of benzene rings is 2. The molecule has 22 heavy (non-hydrogen) atoms. The largest absolute Gasteiger partial charge is 0.397 e. The molecular formula is C17H18BrN3O. The van der Waals surface area contributed by atoms with Crippen molar-refractivity contribution >= 4 is 38.9 Å². The minimum Gasteiger partial charge on any atom is -0.397 e. The summed E-state index contributed by atoms with van der Waals surface area (Å²) >= 11 is 3.44. The minimum absolute atomic E-state index is 0.0678. The maximum Gasteiger partial charge on any atom is 0.253 e. The number of carbonyl (C=O) groups is 1. The highest BCUT2D eigenvalue weighted by Gasteiger charge is 2.19. The summed E-state index contributed by atoms with van der Waals surface area (Å²) in [6.07, 6.45) is 2.17. The fraction of sp³-hybridized carbons (Fsp3) is 0.235. The second-order valence-corrected chi connectivity index (χ2v) is 6.35. The standard InChI is InChI=1S/C17H18BrN3O/c18-13-4-3-5-14(11-13)20-16-7-6-12(10-15(16)19)17(22)21-8-1-2-9-21/h3-7,10-11,20H,1-2,8-9,19H2. The Morgan fingerprint density at radius 1 is 1.14 bits per heavy atom. The molecule has 3 N–H and O–H groups in total. The van der Waals surface area contributed by atoms with Gasteiger partial charge in [0, 0.05) is 28.8 Å². The average molecular weight is 360 g/mol. The molecule has 0 saturated carbocycles. The van der Waals surface area contributed by atoms with Gasteiger partial charge in [-0.15, -0.1) is 0 Å². The van der Waals surface area contributed by atoms with Crippen molar-refractivity contribution in [2.24, 2.45) is 0 Å². The highest BCUT2D eigenvalue weighted by atomic mass is 79.9. The lowest BCUT2D eigenvalue weighted by molar-refractivity contribution is 0.0793. The van der Waals surface area contributed by atoms with Crippen LogP contribution in [0.4, 0.5) is 17.1 Å². The van der Waals surface area contributed by atoms with E-state index in [2.05, 4.69) is 21.2 Å². The molecule has 0 unspecified atom stereocenters. The summed E-state index contributed by atoms with van der Waals surface area (Å²) in [5, 5.41) is 3.27. The Hall–Kier alpha value is -2.01. The zero-order valence-corrected chi connectivity index (χ0v) is 13.8. The van der Waals surface area contributed by atoms with Crippen LogP contribution < -0.4 is 11.1 Å². The van der Waals surface area contributed by atoms with Crippen molar-refractivity contribution in [3.63, 3.8) is 0 Å². The summed E-state index contributed by atoms with van der Waals surface area (Å²) < 4.78 is 0.997. The molecule has 3 rings (SSSR count). The monoisotopic (exact) mass is 359 g/mol. The van der Waals surface area contributed by atoms with E-state index in [1.165, 1.54) is 0 Å². The number of hydrogen-bond donors (Lipinski definition) is 2. The van der Waals surface area contributed by atoms with Gasteiger partial charge >= 0.3 is 0 Å². The SMILES string of the molecule is Nc1cc(C(=O)N2CCCC2)ccc1Nc1cccc(Br)c1. The van der Waals surface area contributed by atoms with Gasteiger partial charge in [0.15, 0.2) is 0 Å². The number of halogens is 1. The molecule has 1 fully saturated rings. The number of amides is 1. The number of likely N-dealkylation sites (tertiary alicyclic amines) is 1. The lowest BCUT2D eigenvalue weighted by Gasteiger charge is -2.16. The van der Waals surface area contributed by atoms with Gasteiger partial charge in [0.05, 0.1) is 11.4 Å². The lowest BCUT2D eigenvalue weighted by atomic mass is 10.1. The summed E-state index contributed by atoms with van der Waals surface area (Å²) in [5.41, 5.74) is 9.07. The summed E-state index contributed by atoms with van der Waals surface area (Å²) in [6.45, 7) is 1.69. The Balaban J connectivity index is 1.78. The van der Waals surface area contributed by atoms with E-state index in [1.807, 2.05) is 41.3 Å². The first-order valence-electron chi connectivity index (χ1n) is 7.35. The highest BCUT2D eigenvalue weighted by Crippen LogP contribution is 2.26. The molecule has 2 aromatic carbocycles. The van der Waals surface area contributed by atoms with E-state index in [4.69, 9.17) is 5.73 Å². The third-order valence-electron chi connectivity index (χ3n) is 3.80. The highest BCUT2D eigenvalue weighted by molar-refractivity contribution is 9.10. The van der Waals surface area contributed by atoms with E-state index in [0.29, 0.717) is 11.3 Å². The van der Waals surface area contributed by atoms with Crippen LogP contribution in [0.2, 0.25) is 0 Å². The van der Waals surface area contributed by atoms with Crippen molar-refractivity contribution in [1.82, 2.24) is 4.90 Å². The molecule has 0 aliphatic carbocycles. The van der Waals surface area contributed by atoms with E-state index in [-0.39, 0.29) is 5.91 Å². The number of nitrogens with zero attached hydrogens (tertiary/aromatic N) is 1. The molecule has 4 nitrogen and oxygen atoms in total. The Morgan fingerprint density at radius 3 is 2.59 bits per heavy atom. The Bertz CT molecular complexity index is 696. The van der Waals surface area contributed by atoms with E-state index in [0.717, 1.165) is 41.8 Å². The van der Waals surface area contributed by atoms with Crippen LogP contribution in [0, 0.1) is 0 Å². The lowest BCUT2D eigenvalue weighted by Crippen LogP contribution is -2.27. The Morgan fingerprint density at radius 2 is 1.91 bits per heavy atom. The number of rotatable bonds is 3. The molecular weight excluding hydrogens is 342 g/mol. The zero-order chi connectivity index (χ0) is 15.5. The molecule has 5 heteroatoms. The van der Waals surface area contributed by atoms with Gasteiger partial charge in [0.2, 0.25) is 0 Å². The molecule has 2 aromatic rings. The fourth-order valence-electron chi connectivity index (χ4n) is 2.63. The van der Waals surface area contributed by atoms with Crippen LogP contribution >= 0.6 is 15.9 Å². The molecule has 1 saturated heterocycles. The van der Waals surface area contributed by atoms with Gasteiger partial charge in [0.1, 0.15) is 0 Å². The quantitative estimate of drug-likeness (QED) is 0.813. The minimum atomic E-state index is 0.0678. The number of nitrogen functional groups attached to an aromatic ring is 1. The van der Waals surface area contributed by atoms with E-state index < -0.39 is 0 Å². The van der Waals surface area contributed by atoms with Gasteiger partial charge in [-0.25, -0.2) is 0 Å². The summed E-state index contributed by atoms with van der Waals surface area (Å²) in [6, 6.07) is 13.3. The first-order valence-corrected chi connectivity index (χ1v) is 8.14.